The zero-order valence-corrected chi connectivity index (χ0v) is 12.2. The highest BCUT2D eigenvalue weighted by atomic mass is 16.5. The van der Waals surface area contributed by atoms with Gasteiger partial charge in [-0.3, -0.25) is 10.1 Å². The lowest BCUT2D eigenvalue weighted by Crippen LogP contribution is -2.34. The van der Waals surface area contributed by atoms with Gasteiger partial charge >= 0.3 is 12.1 Å². The summed E-state index contributed by atoms with van der Waals surface area (Å²) in [6.45, 7) is 3.47. The van der Waals surface area contributed by atoms with Crippen LogP contribution in [0.1, 0.15) is 36.5 Å². The Kier molecular flexibility index (Phi) is 6.31. The molecule has 1 heterocycles. The summed E-state index contributed by atoms with van der Waals surface area (Å²) in [5.41, 5.74) is 0.562. The Balaban J connectivity index is 2.83. The highest BCUT2D eigenvalue weighted by Gasteiger charge is 2.21. The van der Waals surface area contributed by atoms with E-state index in [1.165, 1.54) is 11.8 Å². The number of carbonyl (C=O) groups is 3. The Morgan fingerprint density at radius 1 is 1.29 bits per heavy atom. The molecular weight excluding hydrogens is 280 g/mol. The quantitative estimate of drug-likeness (QED) is 0.751. The number of alkyl carbamates (subject to hydrolysis) is 1. The third-order valence-corrected chi connectivity index (χ3v) is 2.51. The summed E-state index contributed by atoms with van der Waals surface area (Å²) in [6.07, 6.45) is 0.411. The molecule has 1 N–H and O–H groups in total. The molecule has 9 nitrogen and oxygen atoms in total. The number of nitrogens with one attached hydrogen (secondary N) is 1. The van der Waals surface area contributed by atoms with Gasteiger partial charge in [-0.2, -0.15) is 0 Å². The summed E-state index contributed by atoms with van der Waals surface area (Å²) in [6, 6.07) is 0. The molecular formula is C12H18N4O5. The van der Waals surface area contributed by atoms with Gasteiger partial charge < -0.3 is 9.47 Å². The number of amides is 2. The summed E-state index contributed by atoms with van der Waals surface area (Å²) < 4.78 is 10.5. The first-order valence-corrected chi connectivity index (χ1v) is 6.50. The van der Waals surface area contributed by atoms with Crippen molar-refractivity contribution >= 4 is 18.0 Å². The van der Waals surface area contributed by atoms with Gasteiger partial charge in [0.05, 0.1) is 19.4 Å². The van der Waals surface area contributed by atoms with Crippen LogP contribution in [0.5, 0.6) is 0 Å². The highest BCUT2D eigenvalue weighted by Crippen LogP contribution is 2.09. The van der Waals surface area contributed by atoms with Gasteiger partial charge in [-0.25, -0.2) is 14.3 Å². The van der Waals surface area contributed by atoms with Crippen molar-refractivity contribution in [3.8, 4) is 0 Å². The fourth-order valence-corrected chi connectivity index (χ4v) is 1.66. The molecule has 0 spiro atoms. The third kappa shape index (κ3) is 4.55. The standard InChI is InChI=1S/C12H18N4O5/c1-4-6-8-10(11(18)20-3)14-15-16(8)7-9(17)13-12(19)21-5-2/h4-7H2,1-3H3,(H,13,17,19). The number of ether oxygens (including phenoxy) is 2. The van der Waals surface area contributed by atoms with Crippen molar-refractivity contribution in [2.24, 2.45) is 0 Å². The van der Waals surface area contributed by atoms with E-state index in [0.717, 1.165) is 6.42 Å². The molecule has 21 heavy (non-hydrogen) atoms. The topological polar surface area (TPSA) is 112 Å². The number of carbonyl (C=O) groups excluding carboxylic acids is 3. The minimum atomic E-state index is -0.826. The number of imide groups is 1. The van der Waals surface area contributed by atoms with Crippen molar-refractivity contribution in [3.05, 3.63) is 11.4 Å². The summed E-state index contributed by atoms with van der Waals surface area (Å²) in [7, 11) is 1.24. The molecule has 0 fully saturated rings. The van der Waals surface area contributed by atoms with Gasteiger partial charge in [0, 0.05) is 0 Å². The second-order valence-electron chi connectivity index (χ2n) is 4.05. The SMILES string of the molecule is CCCc1c(C(=O)OC)nnn1CC(=O)NC(=O)OCC. The Hall–Kier alpha value is -2.45. The molecule has 1 aromatic heterocycles. The molecule has 0 unspecified atom stereocenters. The van der Waals surface area contributed by atoms with Gasteiger partial charge in [0.25, 0.3) is 5.91 Å². The second-order valence-corrected chi connectivity index (χ2v) is 4.05. The molecule has 1 aromatic rings. The number of nitrogens with zero attached hydrogens (tertiary/aromatic N) is 3. The first kappa shape index (κ1) is 16.6. The van der Waals surface area contributed by atoms with Crippen LogP contribution in [0.2, 0.25) is 0 Å². The van der Waals surface area contributed by atoms with Crippen molar-refractivity contribution < 1.29 is 23.9 Å². The molecule has 9 heteroatoms. The van der Waals surface area contributed by atoms with Crippen LogP contribution in [0.3, 0.4) is 0 Å². The molecule has 0 atom stereocenters. The molecule has 116 valence electrons. The first-order valence-electron chi connectivity index (χ1n) is 6.50. The van der Waals surface area contributed by atoms with Gasteiger partial charge in [-0.15, -0.1) is 5.10 Å². The van der Waals surface area contributed by atoms with Crippen molar-refractivity contribution in [1.29, 1.82) is 0 Å². The Bertz CT molecular complexity index is 526. The van der Waals surface area contributed by atoms with Gasteiger partial charge in [-0.1, -0.05) is 18.6 Å². The second kappa shape index (κ2) is 7.98. The van der Waals surface area contributed by atoms with Crippen LogP contribution in [0.15, 0.2) is 0 Å². The number of methoxy groups -OCH3 is 1. The van der Waals surface area contributed by atoms with Gasteiger partial charge in [0.1, 0.15) is 6.54 Å². The highest BCUT2D eigenvalue weighted by molar-refractivity contribution is 5.92. The summed E-state index contributed by atoms with van der Waals surface area (Å²) in [5.74, 6) is -1.22. The Labute approximate surface area is 121 Å². The number of esters is 1. The molecule has 0 aromatic carbocycles. The maximum Gasteiger partial charge on any atom is 0.413 e. The smallest absolute Gasteiger partial charge is 0.413 e. The average molecular weight is 298 g/mol. The average Bonchev–Trinajstić information content (AvgIpc) is 2.81. The fraction of sp³-hybridized carbons (Fsp3) is 0.583. The van der Waals surface area contributed by atoms with Crippen molar-refractivity contribution in [2.75, 3.05) is 13.7 Å². The largest absolute Gasteiger partial charge is 0.464 e. The molecule has 0 saturated carbocycles. The molecule has 0 aliphatic heterocycles. The van der Waals surface area contributed by atoms with Crippen LogP contribution in [-0.2, 0) is 27.2 Å². The van der Waals surface area contributed by atoms with E-state index in [0.29, 0.717) is 12.1 Å². The fourth-order valence-electron chi connectivity index (χ4n) is 1.66. The molecule has 0 bridgehead atoms. The maximum atomic E-state index is 11.7. The summed E-state index contributed by atoms with van der Waals surface area (Å²) in [4.78, 5) is 34.4. The number of hydrogen-bond donors (Lipinski definition) is 1. The van der Waals surface area contributed by atoms with Crippen LogP contribution >= 0.6 is 0 Å². The molecule has 0 aliphatic rings. The van der Waals surface area contributed by atoms with Crippen LogP contribution in [-0.4, -0.2) is 46.7 Å². The maximum absolute atomic E-state index is 11.7. The van der Waals surface area contributed by atoms with E-state index in [2.05, 4.69) is 19.8 Å². The Morgan fingerprint density at radius 2 is 2.00 bits per heavy atom. The van der Waals surface area contributed by atoms with E-state index in [-0.39, 0.29) is 18.8 Å². The Morgan fingerprint density at radius 3 is 2.57 bits per heavy atom. The van der Waals surface area contributed by atoms with Gasteiger partial charge in [0.2, 0.25) is 0 Å². The zero-order valence-electron chi connectivity index (χ0n) is 12.2. The normalized spacial score (nSPS) is 10.0. The van der Waals surface area contributed by atoms with E-state index in [9.17, 15) is 14.4 Å². The lowest BCUT2D eigenvalue weighted by Gasteiger charge is -2.07. The zero-order chi connectivity index (χ0) is 15.8. The molecule has 0 saturated heterocycles. The monoisotopic (exact) mass is 298 g/mol. The third-order valence-electron chi connectivity index (χ3n) is 2.51. The van der Waals surface area contributed by atoms with Crippen LogP contribution in [0.25, 0.3) is 0 Å². The summed E-state index contributed by atoms with van der Waals surface area (Å²) >= 11 is 0. The predicted octanol–water partition coefficient (Wildman–Crippen LogP) is 0.290. The minimum absolute atomic E-state index is 0.0725. The molecule has 2 amide bonds. The summed E-state index contributed by atoms with van der Waals surface area (Å²) in [5, 5.41) is 9.51. The molecule has 0 radical (unpaired) electrons. The van der Waals surface area contributed by atoms with E-state index in [4.69, 9.17) is 0 Å². The molecule has 0 aliphatic carbocycles. The number of hydrogen-bond acceptors (Lipinski definition) is 7. The van der Waals surface area contributed by atoms with Crippen LogP contribution in [0.4, 0.5) is 4.79 Å². The van der Waals surface area contributed by atoms with E-state index in [1.54, 1.807) is 6.92 Å². The van der Waals surface area contributed by atoms with Crippen molar-refractivity contribution in [1.82, 2.24) is 20.3 Å². The predicted molar refractivity (Wildman–Crippen MR) is 70.5 cm³/mol. The van der Waals surface area contributed by atoms with E-state index >= 15 is 0 Å². The van der Waals surface area contributed by atoms with Gasteiger partial charge in [0.15, 0.2) is 5.69 Å². The number of rotatable bonds is 6. The van der Waals surface area contributed by atoms with Crippen LogP contribution < -0.4 is 5.32 Å². The van der Waals surface area contributed by atoms with E-state index < -0.39 is 18.0 Å². The van der Waals surface area contributed by atoms with E-state index in [1.807, 2.05) is 12.2 Å². The lowest BCUT2D eigenvalue weighted by molar-refractivity contribution is -0.121. The molecule has 1 rings (SSSR count). The van der Waals surface area contributed by atoms with Crippen molar-refractivity contribution in [3.63, 3.8) is 0 Å². The number of aromatic nitrogens is 3. The van der Waals surface area contributed by atoms with Crippen LogP contribution in [0, 0.1) is 0 Å². The van der Waals surface area contributed by atoms with Gasteiger partial charge in [-0.05, 0) is 13.3 Å². The lowest BCUT2D eigenvalue weighted by atomic mass is 10.2. The minimum Gasteiger partial charge on any atom is -0.464 e. The van der Waals surface area contributed by atoms with Crippen molar-refractivity contribution in [2.45, 2.75) is 33.2 Å². The first-order chi connectivity index (χ1) is 10.0.